The zero-order valence-corrected chi connectivity index (χ0v) is 16.2. The predicted octanol–water partition coefficient (Wildman–Crippen LogP) is 2.40. The molecule has 1 aliphatic heterocycles. The van der Waals surface area contributed by atoms with Gasteiger partial charge in [-0.3, -0.25) is 0 Å². The van der Waals surface area contributed by atoms with Gasteiger partial charge in [-0.25, -0.2) is 4.79 Å². The second-order valence-electron chi connectivity index (χ2n) is 8.14. The number of nitrogens with zero attached hydrogens (tertiary/aromatic N) is 1. The lowest BCUT2D eigenvalue weighted by Crippen LogP contribution is -2.52. The van der Waals surface area contributed by atoms with Gasteiger partial charge in [0.05, 0.1) is 25.4 Å². The van der Waals surface area contributed by atoms with Gasteiger partial charge in [-0.05, 0) is 59.9 Å². The molecular formula is C18H36N2O4. The Labute approximate surface area is 146 Å². The van der Waals surface area contributed by atoms with Gasteiger partial charge in [0.1, 0.15) is 5.60 Å². The first-order chi connectivity index (χ1) is 11.1. The van der Waals surface area contributed by atoms with Crippen LogP contribution in [0.15, 0.2) is 0 Å². The fraction of sp³-hybridized carbons (Fsp3) is 0.944. The van der Waals surface area contributed by atoms with Crippen molar-refractivity contribution in [3.8, 4) is 0 Å². The van der Waals surface area contributed by atoms with Crippen molar-refractivity contribution >= 4 is 6.09 Å². The van der Waals surface area contributed by atoms with Crippen molar-refractivity contribution < 1.29 is 19.4 Å². The summed E-state index contributed by atoms with van der Waals surface area (Å²) >= 11 is 0. The summed E-state index contributed by atoms with van der Waals surface area (Å²) in [7, 11) is 0. The summed E-state index contributed by atoms with van der Waals surface area (Å²) < 4.78 is 11.1. The zero-order chi connectivity index (χ0) is 18.3. The molecule has 4 atom stereocenters. The maximum Gasteiger partial charge on any atom is 0.410 e. The molecule has 6 heteroatoms. The lowest BCUT2D eigenvalue weighted by atomic mass is 10.0. The van der Waals surface area contributed by atoms with E-state index in [4.69, 9.17) is 9.47 Å². The number of rotatable bonds is 7. The number of carbonyl (C=O) groups is 1. The molecule has 0 radical (unpaired) electrons. The van der Waals surface area contributed by atoms with E-state index in [0.717, 1.165) is 19.4 Å². The number of carbonyl (C=O) groups excluding carboxylic acids is 1. The second kappa shape index (κ2) is 9.59. The minimum Gasteiger partial charge on any atom is -0.444 e. The van der Waals surface area contributed by atoms with E-state index in [1.54, 1.807) is 4.90 Å². The van der Waals surface area contributed by atoms with Crippen molar-refractivity contribution in [2.75, 3.05) is 26.3 Å². The Morgan fingerprint density at radius 1 is 1.38 bits per heavy atom. The van der Waals surface area contributed by atoms with Crippen LogP contribution in [0.4, 0.5) is 4.79 Å². The summed E-state index contributed by atoms with van der Waals surface area (Å²) in [6.07, 6.45) is 1.08. The molecule has 0 spiro atoms. The summed E-state index contributed by atoms with van der Waals surface area (Å²) in [4.78, 5) is 14.2. The van der Waals surface area contributed by atoms with Crippen molar-refractivity contribution in [1.29, 1.82) is 0 Å². The van der Waals surface area contributed by atoms with Crippen molar-refractivity contribution in [3.05, 3.63) is 0 Å². The van der Waals surface area contributed by atoms with E-state index in [-0.39, 0.29) is 24.3 Å². The van der Waals surface area contributed by atoms with Gasteiger partial charge in [0, 0.05) is 12.6 Å². The first-order valence-electron chi connectivity index (χ1n) is 9.07. The first-order valence-corrected chi connectivity index (χ1v) is 9.07. The maximum atomic E-state index is 12.4. The molecule has 0 bridgehead atoms. The lowest BCUT2D eigenvalue weighted by molar-refractivity contribution is -0.0356. The second-order valence-corrected chi connectivity index (χ2v) is 8.14. The standard InChI is InChI=1S/C18H36N2O4/c1-13(9-15(3)21)11-19-14(2)10-16-12-23-8-7-20(16)17(22)24-18(4,5)6/h13-16,19,21H,7-12H2,1-6H3. The van der Waals surface area contributed by atoms with Crippen LogP contribution in [0.1, 0.15) is 54.4 Å². The highest BCUT2D eigenvalue weighted by atomic mass is 16.6. The zero-order valence-electron chi connectivity index (χ0n) is 16.2. The number of hydrogen-bond acceptors (Lipinski definition) is 5. The van der Waals surface area contributed by atoms with Gasteiger partial charge in [0.2, 0.25) is 0 Å². The van der Waals surface area contributed by atoms with Crippen LogP contribution in [-0.4, -0.2) is 66.2 Å². The smallest absolute Gasteiger partial charge is 0.410 e. The van der Waals surface area contributed by atoms with Gasteiger partial charge in [0.25, 0.3) is 0 Å². The normalized spacial score (nSPS) is 22.8. The van der Waals surface area contributed by atoms with Crippen LogP contribution in [0.2, 0.25) is 0 Å². The lowest BCUT2D eigenvalue weighted by Gasteiger charge is -2.38. The molecule has 1 heterocycles. The van der Waals surface area contributed by atoms with E-state index in [1.165, 1.54) is 0 Å². The molecule has 1 saturated heterocycles. The number of aliphatic hydroxyl groups excluding tert-OH is 1. The molecule has 1 amide bonds. The summed E-state index contributed by atoms with van der Waals surface area (Å²) in [6.45, 7) is 14.3. The van der Waals surface area contributed by atoms with E-state index < -0.39 is 5.60 Å². The van der Waals surface area contributed by atoms with E-state index in [2.05, 4.69) is 19.2 Å². The Bertz CT molecular complexity index is 382. The maximum absolute atomic E-state index is 12.4. The molecule has 0 aliphatic carbocycles. The van der Waals surface area contributed by atoms with Crippen LogP contribution in [0.5, 0.6) is 0 Å². The Balaban J connectivity index is 2.48. The highest BCUT2D eigenvalue weighted by Gasteiger charge is 2.31. The number of hydrogen-bond donors (Lipinski definition) is 2. The molecule has 0 aromatic rings. The van der Waals surface area contributed by atoms with E-state index in [9.17, 15) is 9.90 Å². The van der Waals surface area contributed by atoms with Gasteiger partial charge in [-0.15, -0.1) is 0 Å². The van der Waals surface area contributed by atoms with Crippen molar-refractivity contribution in [3.63, 3.8) is 0 Å². The fourth-order valence-electron chi connectivity index (χ4n) is 2.97. The number of morpholine rings is 1. The van der Waals surface area contributed by atoms with Crippen LogP contribution in [0, 0.1) is 5.92 Å². The van der Waals surface area contributed by atoms with Gasteiger partial charge >= 0.3 is 6.09 Å². The molecule has 1 fully saturated rings. The average Bonchev–Trinajstić information content (AvgIpc) is 2.43. The van der Waals surface area contributed by atoms with Crippen LogP contribution in [0.25, 0.3) is 0 Å². The van der Waals surface area contributed by atoms with Gasteiger partial charge in [-0.1, -0.05) is 6.92 Å². The SMILES string of the molecule is CC(O)CC(C)CNC(C)CC1COCCN1C(=O)OC(C)(C)C. The van der Waals surface area contributed by atoms with Gasteiger partial charge in [-0.2, -0.15) is 0 Å². The largest absolute Gasteiger partial charge is 0.444 e. The van der Waals surface area contributed by atoms with Crippen LogP contribution < -0.4 is 5.32 Å². The monoisotopic (exact) mass is 344 g/mol. The van der Waals surface area contributed by atoms with Crippen molar-refractivity contribution in [2.24, 2.45) is 5.92 Å². The van der Waals surface area contributed by atoms with E-state index in [1.807, 2.05) is 27.7 Å². The Kier molecular flexibility index (Phi) is 8.46. The van der Waals surface area contributed by atoms with Crippen LogP contribution in [-0.2, 0) is 9.47 Å². The number of amides is 1. The Morgan fingerprint density at radius 2 is 2.04 bits per heavy atom. The number of nitrogens with one attached hydrogen (secondary N) is 1. The van der Waals surface area contributed by atoms with E-state index in [0.29, 0.717) is 25.7 Å². The topological polar surface area (TPSA) is 71.0 Å². The molecule has 0 aromatic heterocycles. The van der Waals surface area contributed by atoms with Gasteiger partial charge < -0.3 is 24.8 Å². The third-order valence-electron chi connectivity index (χ3n) is 4.04. The molecular weight excluding hydrogens is 308 g/mol. The minimum absolute atomic E-state index is 0.0307. The highest BCUT2D eigenvalue weighted by Crippen LogP contribution is 2.18. The third-order valence-corrected chi connectivity index (χ3v) is 4.04. The average molecular weight is 344 g/mol. The molecule has 1 rings (SSSR count). The molecule has 142 valence electrons. The fourth-order valence-corrected chi connectivity index (χ4v) is 2.97. The molecule has 24 heavy (non-hydrogen) atoms. The van der Waals surface area contributed by atoms with Crippen LogP contribution >= 0.6 is 0 Å². The van der Waals surface area contributed by atoms with Crippen molar-refractivity contribution in [1.82, 2.24) is 10.2 Å². The third kappa shape index (κ3) is 8.31. The molecule has 2 N–H and O–H groups in total. The molecule has 4 unspecified atom stereocenters. The minimum atomic E-state index is -0.486. The number of ether oxygens (including phenoxy) is 2. The van der Waals surface area contributed by atoms with Crippen molar-refractivity contribution in [2.45, 2.75) is 78.2 Å². The summed E-state index contributed by atoms with van der Waals surface area (Å²) in [5, 5.41) is 12.9. The number of aliphatic hydroxyl groups is 1. The highest BCUT2D eigenvalue weighted by molar-refractivity contribution is 5.68. The van der Waals surface area contributed by atoms with Crippen LogP contribution in [0.3, 0.4) is 0 Å². The van der Waals surface area contributed by atoms with E-state index >= 15 is 0 Å². The molecule has 0 aromatic carbocycles. The quantitative estimate of drug-likeness (QED) is 0.742. The molecule has 6 nitrogen and oxygen atoms in total. The Hall–Kier alpha value is -0.850. The van der Waals surface area contributed by atoms with Gasteiger partial charge in [0.15, 0.2) is 0 Å². The predicted molar refractivity (Wildman–Crippen MR) is 95.1 cm³/mol. The molecule has 1 aliphatic rings. The first kappa shape index (κ1) is 21.2. The summed E-state index contributed by atoms with van der Waals surface area (Å²) in [6, 6.07) is 0.293. The summed E-state index contributed by atoms with van der Waals surface area (Å²) in [5.41, 5.74) is -0.486. The summed E-state index contributed by atoms with van der Waals surface area (Å²) in [5.74, 6) is 0.414. The molecule has 0 saturated carbocycles. The Morgan fingerprint density at radius 3 is 2.62 bits per heavy atom.